The maximum atomic E-state index is 2.41. The highest BCUT2D eigenvalue weighted by Crippen LogP contribution is 2.02. The lowest BCUT2D eigenvalue weighted by Crippen LogP contribution is -2.12. The monoisotopic (exact) mass is 325 g/mol. The fraction of sp³-hybridized carbons (Fsp3) is 1.00. The van der Waals surface area contributed by atoms with Crippen LogP contribution in [0.15, 0.2) is 0 Å². The van der Waals surface area contributed by atoms with E-state index in [4.69, 9.17) is 0 Å². The molecule has 0 saturated heterocycles. The molecule has 1 nitrogen and oxygen atoms in total. The molecule has 0 heterocycles. The molecule has 7 heavy (non-hydrogen) atoms. The molecule has 0 aromatic carbocycles. The Labute approximate surface area is 72.5 Å². The predicted octanol–water partition coefficient (Wildman–Crippen LogP) is 2.09. The van der Waals surface area contributed by atoms with Crippen molar-refractivity contribution < 1.29 is 0 Å². The van der Waals surface area contributed by atoms with Gasteiger partial charge in [0.05, 0.1) is 0 Å². The van der Waals surface area contributed by atoms with E-state index in [9.17, 15) is 0 Å². The van der Waals surface area contributed by atoms with E-state index >= 15 is 0 Å². The molecule has 44 valence electrons. The van der Waals surface area contributed by atoms with Crippen LogP contribution < -0.4 is 0 Å². The van der Waals surface area contributed by atoms with Gasteiger partial charge in [0, 0.05) is 33.3 Å². The molecule has 1 atom stereocenters. The van der Waals surface area contributed by atoms with E-state index in [-0.39, 0.29) is 0 Å². The smallest absolute Gasteiger partial charge is 0.0217 e. The van der Waals surface area contributed by atoms with Crippen molar-refractivity contribution in [2.45, 2.75) is 10.8 Å². The van der Waals surface area contributed by atoms with E-state index in [1.807, 2.05) is 0 Å². The van der Waals surface area contributed by atoms with Crippen LogP contribution in [0.25, 0.3) is 0 Å². The zero-order valence-corrected chi connectivity index (χ0v) is 8.80. The molecule has 0 aromatic rings. The first-order valence-corrected chi connectivity index (χ1v) is 4.35. The number of halogens is 2. The summed E-state index contributed by atoms with van der Waals surface area (Å²) in [7, 11) is 2.08. The molecule has 0 rings (SSSR count). The highest BCUT2D eigenvalue weighted by atomic mass is 127. The van der Waals surface area contributed by atoms with Gasteiger partial charge in [-0.25, -0.2) is 3.11 Å². The standard InChI is InChI=1S/C4H9I2N/c1-4(5)3-7(2)6/h4H,3H2,1-2H3. The highest BCUT2D eigenvalue weighted by Gasteiger charge is 1.95. The first-order chi connectivity index (χ1) is 3.13. The zero-order valence-electron chi connectivity index (χ0n) is 4.49. The summed E-state index contributed by atoms with van der Waals surface area (Å²) >= 11 is 4.70. The summed E-state index contributed by atoms with van der Waals surface area (Å²) in [5.74, 6) is 0. The first-order valence-electron chi connectivity index (χ1n) is 2.14. The molecule has 0 spiro atoms. The number of rotatable bonds is 2. The maximum Gasteiger partial charge on any atom is 0.0217 e. The number of hydrogen-bond donors (Lipinski definition) is 0. The van der Waals surface area contributed by atoms with Crippen LogP contribution in [0.4, 0.5) is 0 Å². The Morgan fingerprint density at radius 2 is 2.14 bits per heavy atom. The third-order valence-corrected chi connectivity index (χ3v) is 1.29. The van der Waals surface area contributed by atoms with Crippen molar-refractivity contribution >= 4 is 45.5 Å². The van der Waals surface area contributed by atoms with Crippen LogP contribution in [0.2, 0.25) is 0 Å². The van der Waals surface area contributed by atoms with Gasteiger partial charge in [-0.05, 0) is 7.05 Å². The summed E-state index contributed by atoms with van der Waals surface area (Å²) < 4.78 is 2.92. The third-order valence-electron chi connectivity index (χ3n) is 0.503. The fourth-order valence-corrected chi connectivity index (χ4v) is 2.28. The van der Waals surface area contributed by atoms with Crippen molar-refractivity contribution in [3.63, 3.8) is 0 Å². The maximum absolute atomic E-state index is 2.41. The van der Waals surface area contributed by atoms with Gasteiger partial charge in [-0.2, -0.15) is 0 Å². The summed E-state index contributed by atoms with van der Waals surface area (Å²) in [4.78, 5) is 0. The topological polar surface area (TPSA) is 3.24 Å². The van der Waals surface area contributed by atoms with E-state index in [2.05, 4.69) is 62.5 Å². The van der Waals surface area contributed by atoms with Crippen LogP contribution >= 0.6 is 45.5 Å². The minimum Gasteiger partial charge on any atom is -0.250 e. The number of alkyl halides is 1. The number of hydrogen-bond acceptors (Lipinski definition) is 1. The van der Waals surface area contributed by atoms with Gasteiger partial charge in [0.15, 0.2) is 0 Å². The van der Waals surface area contributed by atoms with Crippen molar-refractivity contribution in [3.8, 4) is 0 Å². The highest BCUT2D eigenvalue weighted by molar-refractivity contribution is 14.1. The van der Waals surface area contributed by atoms with Gasteiger partial charge in [-0.1, -0.05) is 29.5 Å². The Balaban J connectivity index is 2.95. The zero-order chi connectivity index (χ0) is 5.86. The van der Waals surface area contributed by atoms with Gasteiger partial charge in [0.25, 0.3) is 0 Å². The molecule has 0 fully saturated rings. The molecule has 0 N–H and O–H groups in total. The fourth-order valence-electron chi connectivity index (χ4n) is 0.347. The lowest BCUT2D eigenvalue weighted by molar-refractivity contribution is 0.618. The molecule has 3 heteroatoms. The summed E-state index contributed by atoms with van der Waals surface area (Å²) in [5.41, 5.74) is 0. The van der Waals surface area contributed by atoms with Crippen LogP contribution in [0.3, 0.4) is 0 Å². The number of nitrogens with zero attached hydrogens (tertiary/aromatic N) is 1. The van der Waals surface area contributed by atoms with Crippen molar-refractivity contribution in [2.75, 3.05) is 13.6 Å². The third kappa shape index (κ3) is 7.42. The van der Waals surface area contributed by atoms with Crippen molar-refractivity contribution in [3.05, 3.63) is 0 Å². The average molecular weight is 325 g/mol. The predicted molar refractivity (Wildman–Crippen MR) is 50.1 cm³/mol. The van der Waals surface area contributed by atoms with Gasteiger partial charge < -0.3 is 0 Å². The summed E-state index contributed by atoms with van der Waals surface area (Å²) in [6.07, 6.45) is 0. The van der Waals surface area contributed by atoms with Gasteiger partial charge in [0.2, 0.25) is 0 Å². The molecular weight excluding hydrogens is 316 g/mol. The lowest BCUT2D eigenvalue weighted by atomic mass is 10.5. The van der Waals surface area contributed by atoms with Crippen molar-refractivity contribution in [1.29, 1.82) is 0 Å². The second kappa shape index (κ2) is 4.31. The summed E-state index contributed by atoms with van der Waals surface area (Å²) in [5, 5.41) is 0. The Morgan fingerprint density at radius 1 is 1.71 bits per heavy atom. The van der Waals surface area contributed by atoms with E-state index < -0.39 is 0 Å². The molecule has 0 aliphatic heterocycles. The normalized spacial score (nSPS) is 15.0. The van der Waals surface area contributed by atoms with E-state index in [1.165, 1.54) is 6.54 Å². The molecule has 0 aromatic heterocycles. The molecule has 0 saturated carbocycles. The molecule has 0 aliphatic carbocycles. The Morgan fingerprint density at radius 3 is 2.14 bits per heavy atom. The summed E-state index contributed by atoms with van der Waals surface area (Å²) in [6.45, 7) is 3.37. The van der Waals surface area contributed by atoms with Crippen LogP contribution in [-0.4, -0.2) is 20.6 Å². The van der Waals surface area contributed by atoms with Crippen LogP contribution in [-0.2, 0) is 0 Å². The van der Waals surface area contributed by atoms with E-state index in [1.54, 1.807) is 0 Å². The van der Waals surface area contributed by atoms with Crippen LogP contribution in [0, 0.1) is 0 Å². The molecular formula is C4H9I2N. The largest absolute Gasteiger partial charge is 0.250 e. The Kier molecular flexibility index (Phi) is 5.19. The Hall–Kier alpha value is 1.42. The van der Waals surface area contributed by atoms with Gasteiger partial charge in [-0.15, -0.1) is 0 Å². The minimum atomic E-state index is 0.763. The van der Waals surface area contributed by atoms with E-state index in [0.29, 0.717) is 0 Å². The van der Waals surface area contributed by atoms with Gasteiger partial charge in [-0.3, -0.25) is 0 Å². The first kappa shape index (κ1) is 8.42. The minimum absolute atomic E-state index is 0.763. The SMILES string of the molecule is CC(I)CN(C)I. The van der Waals surface area contributed by atoms with Crippen molar-refractivity contribution in [2.24, 2.45) is 0 Å². The Bertz CT molecular complexity index is 39.0. The second-order valence-corrected chi connectivity index (χ2v) is 5.34. The van der Waals surface area contributed by atoms with Crippen LogP contribution in [0.1, 0.15) is 6.92 Å². The quantitative estimate of drug-likeness (QED) is 0.427. The molecule has 0 bridgehead atoms. The van der Waals surface area contributed by atoms with Gasteiger partial charge in [0.1, 0.15) is 0 Å². The lowest BCUT2D eigenvalue weighted by Gasteiger charge is -2.07. The van der Waals surface area contributed by atoms with Crippen LogP contribution in [0.5, 0.6) is 0 Å². The molecule has 0 radical (unpaired) electrons. The molecule has 0 aliphatic rings. The van der Waals surface area contributed by atoms with Gasteiger partial charge >= 0.3 is 0 Å². The van der Waals surface area contributed by atoms with Crippen molar-refractivity contribution in [1.82, 2.24) is 3.11 Å². The summed E-state index contributed by atoms with van der Waals surface area (Å²) in [6, 6.07) is 0. The van der Waals surface area contributed by atoms with E-state index in [0.717, 1.165) is 3.92 Å². The molecule has 1 unspecified atom stereocenters. The molecule has 0 amide bonds. The average Bonchev–Trinajstić information content (AvgIpc) is 1.27. The second-order valence-electron chi connectivity index (χ2n) is 1.57.